The third kappa shape index (κ3) is 0.917. The van der Waals surface area contributed by atoms with Gasteiger partial charge < -0.3 is 5.11 Å². The van der Waals surface area contributed by atoms with E-state index in [0.29, 0.717) is 0 Å². The zero-order chi connectivity index (χ0) is 7.23. The van der Waals surface area contributed by atoms with Crippen LogP contribution in [0.5, 0.6) is 0 Å². The first-order valence-electron chi connectivity index (χ1n) is 2.23. The highest BCUT2D eigenvalue weighted by Crippen LogP contribution is 2.40. The van der Waals surface area contributed by atoms with Gasteiger partial charge in [-0.05, 0) is 0 Å². The second kappa shape index (κ2) is 1.47. The summed E-state index contributed by atoms with van der Waals surface area (Å²) in [6.45, 7) is 0. The molecule has 1 fully saturated rings. The number of hydrogen-bond acceptors (Lipinski definition) is 2. The normalized spacial score (nSPS) is 34.9. The summed E-state index contributed by atoms with van der Waals surface area (Å²) in [6.07, 6.45) is -6.33. The fraction of sp³-hybridized carbons (Fsp3) is 0.750. The number of carbonyl (C=O) groups excluding carboxylic acids is 1. The molecule has 0 heterocycles. The minimum atomic E-state index is -4.55. The van der Waals surface area contributed by atoms with Crippen LogP contribution in [0.2, 0.25) is 0 Å². The van der Waals surface area contributed by atoms with Crippen molar-refractivity contribution in [2.45, 2.75) is 12.3 Å². The van der Waals surface area contributed by atoms with Crippen LogP contribution in [0.4, 0.5) is 13.2 Å². The summed E-state index contributed by atoms with van der Waals surface area (Å²) < 4.78 is 34.1. The topological polar surface area (TPSA) is 37.3 Å². The lowest BCUT2D eigenvalue weighted by molar-refractivity contribution is -0.157. The quantitative estimate of drug-likeness (QED) is 0.518. The number of aliphatic hydroxyl groups excluding tert-OH is 1. The van der Waals surface area contributed by atoms with Crippen molar-refractivity contribution < 1.29 is 23.1 Å². The molecule has 52 valence electrons. The van der Waals surface area contributed by atoms with Crippen molar-refractivity contribution in [1.82, 2.24) is 0 Å². The lowest BCUT2D eigenvalue weighted by Crippen LogP contribution is -2.13. The molecule has 2 unspecified atom stereocenters. The molecule has 1 N–H and O–H groups in total. The summed E-state index contributed by atoms with van der Waals surface area (Å²) in [4.78, 5) is 9.89. The van der Waals surface area contributed by atoms with Crippen LogP contribution in [0.1, 0.15) is 0 Å². The van der Waals surface area contributed by atoms with Gasteiger partial charge in [0, 0.05) is 0 Å². The average molecular weight is 140 g/mol. The summed E-state index contributed by atoms with van der Waals surface area (Å²) in [6, 6.07) is 0. The number of ketones is 1. The van der Waals surface area contributed by atoms with Gasteiger partial charge in [-0.3, -0.25) is 4.79 Å². The second-order valence-corrected chi connectivity index (χ2v) is 1.87. The maximum absolute atomic E-state index is 11.4. The summed E-state index contributed by atoms with van der Waals surface area (Å²) in [5.74, 6) is -3.22. The van der Waals surface area contributed by atoms with Crippen LogP contribution in [0.15, 0.2) is 0 Å². The van der Waals surface area contributed by atoms with E-state index in [0.717, 1.165) is 0 Å². The molecular weight excluding hydrogens is 137 g/mol. The standard InChI is InChI=1S/C4H3F3O2/c5-4(6,7)1-2(8)3(1)9/h1-2,8H. The van der Waals surface area contributed by atoms with E-state index in [2.05, 4.69) is 0 Å². The van der Waals surface area contributed by atoms with Crippen LogP contribution in [-0.2, 0) is 4.79 Å². The molecular formula is C4H3F3O2. The minimum absolute atomic E-state index is 1.12. The lowest BCUT2D eigenvalue weighted by atomic mass is 10.4. The van der Waals surface area contributed by atoms with E-state index in [1.165, 1.54) is 0 Å². The number of aliphatic hydroxyl groups is 1. The molecule has 0 aromatic heterocycles. The van der Waals surface area contributed by atoms with Crippen molar-refractivity contribution in [2.24, 2.45) is 5.92 Å². The van der Waals surface area contributed by atoms with Crippen LogP contribution < -0.4 is 0 Å². The second-order valence-electron chi connectivity index (χ2n) is 1.87. The SMILES string of the molecule is O=C1C(O)C1C(F)(F)F. The Bertz CT molecular complexity index is 150. The van der Waals surface area contributed by atoms with E-state index in [1.54, 1.807) is 0 Å². The Morgan fingerprint density at radius 1 is 1.44 bits per heavy atom. The maximum atomic E-state index is 11.4. The fourth-order valence-corrected chi connectivity index (χ4v) is 0.567. The summed E-state index contributed by atoms with van der Waals surface area (Å²) in [7, 11) is 0. The Morgan fingerprint density at radius 2 is 1.78 bits per heavy atom. The van der Waals surface area contributed by atoms with Gasteiger partial charge in [0.15, 0.2) is 5.78 Å². The highest BCUT2D eigenvalue weighted by molar-refractivity contribution is 6.02. The number of Topliss-reactive ketones (excluding diaryl/α,β-unsaturated/α-hetero) is 1. The van der Waals surface area contributed by atoms with Crippen molar-refractivity contribution in [2.75, 3.05) is 0 Å². The van der Waals surface area contributed by atoms with Crippen LogP contribution in [-0.4, -0.2) is 23.2 Å². The van der Waals surface area contributed by atoms with E-state index >= 15 is 0 Å². The Kier molecular flexibility index (Phi) is 1.07. The van der Waals surface area contributed by atoms with Gasteiger partial charge in [-0.2, -0.15) is 13.2 Å². The van der Waals surface area contributed by atoms with E-state index in [-0.39, 0.29) is 0 Å². The summed E-state index contributed by atoms with van der Waals surface area (Å²) in [5.41, 5.74) is 0. The first-order chi connectivity index (χ1) is 3.94. The molecule has 1 rings (SSSR count). The highest BCUT2D eigenvalue weighted by atomic mass is 19.4. The Morgan fingerprint density at radius 3 is 1.78 bits per heavy atom. The van der Waals surface area contributed by atoms with Gasteiger partial charge in [0.25, 0.3) is 0 Å². The van der Waals surface area contributed by atoms with Crippen LogP contribution in [0.3, 0.4) is 0 Å². The molecule has 0 amide bonds. The van der Waals surface area contributed by atoms with Crippen LogP contribution in [0, 0.1) is 5.92 Å². The first-order valence-corrected chi connectivity index (χ1v) is 2.23. The van der Waals surface area contributed by atoms with Gasteiger partial charge in [-0.25, -0.2) is 0 Å². The predicted octanol–water partition coefficient (Wildman–Crippen LogP) is 0.108. The molecule has 1 aliphatic carbocycles. The molecule has 1 saturated carbocycles. The average Bonchev–Trinajstić information content (AvgIpc) is 2.11. The molecule has 9 heavy (non-hydrogen) atoms. The number of carbonyl (C=O) groups is 1. The molecule has 0 aromatic carbocycles. The Hall–Kier alpha value is -0.580. The zero-order valence-corrected chi connectivity index (χ0v) is 4.14. The Labute approximate surface area is 48.3 Å². The minimum Gasteiger partial charge on any atom is -0.384 e. The van der Waals surface area contributed by atoms with Crippen LogP contribution >= 0.6 is 0 Å². The van der Waals surface area contributed by atoms with Gasteiger partial charge in [0.1, 0.15) is 12.0 Å². The molecule has 0 radical (unpaired) electrons. The van der Waals surface area contributed by atoms with Gasteiger partial charge in [-0.15, -0.1) is 0 Å². The molecule has 0 bridgehead atoms. The van der Waals surface area contributed by atoms with E-state index in [1.807, 2.05) is 0 Å². The first kappa shape index (κ1) is 6.54. The molecule has 2 atom stereocenters. The number of hydrogen-bond donors (Lipinski definition) is 1. The van der Waals surface area contributed by atoms with Crippen molar-refractivity contribution >= 4 is 5.78 Å². The number of halogens is 3. The van der Waals surface area contributed by atoms with Crippen molar-refractivity contribution in [3.8, 4) is 0 Å². The molecule has 0 saturated heterocycles. The number of rotatable bonds is 0. The maximum Gasteiger partial charge on any atom is 0.401 e. The lowest BCUT2D eigenvalue weighted by Gasteiger charge is -1.98. The van der Waals surface area contributed by atoms with E-state index in [4.69, 9.17) is 5.11 Å². The van der Waals surface area contributed by atoms with Crippen LogP contribution in [0.25, 0.3) is 0 Å². The van der Waals surface area contributed by atoms with E-state index in [9.17, 15) is 18.0 Å². The molecule has 0 aliphatic heterocycles. The third-order valence-electron chi connectivity index (χ3n) is 1.16. The summed E-state index contributed by atoms with van der Waals surface area (Å²) in [5, 5.41) is 8.16. The van der Waals surface area contributed by atoms with Gasteiger partial charge in [-0.1, -0.05) is 0 Å². The Balaban J connectivity index is 2.60. The molecule has 5 heteroatoms. The largest absolute Gasteiger partial charge is 0.401 e. The van der Waals surface area contributed by atoms with E-state index < -0.39 is 24.0 Å². The smallest absolute Gasteiger partial charge is 0.384 e. The third-order valence-corrected chi connectivity index (χ3v) is 1.16. The fourth-order valence-electron chi connectivity index (χ4n) is 0.567. The van der Waals surface area contributed by atoms with Gasteiger partial charge in [0.2, 0.25) is 0 Å². The van der Waals surface area contributed by atoms with Crippen molar-refractivity contribution in [1.29, 1.82) is 0 Å². The molecule has 1 aliphatic rings. The highest BCUT2D eigenvalue weighted by Gasteiger charge is 2.64. The van der Waals surface area contributed by atoms with Gasteiger partial charge >= 0.3 is 6.18 Å². The monoisotopic (exact) mass is 140 g/mol. The van der Waals surface area contributed by atoms with Crippen molar-refractivity contribution in [3.63, 3.8) is 0 Å². The zero-order valence-electron chi connectivity index (χ0n) is 4.14. The molecule has 2 nitrogen and oxygen atoms in total. The van der Waals surface area contributed by atoms with Gasteiger partial charge in [0.05, 0.1) is 0 Å². The summed E-state index contributed by atoms with van der Waals surface area (Å²) >= 11 is 0. The molecule has 0 spiro atoms. The number of alkyl halides is 3. The van der Waals surface area contributed by atoms with Crippen molar-refractivity contribution in [3.05, 3.63) is 0 Å². The predicted molar refractivity (Wildman–Crippen MR) is 20.6 cm³/mol. The molecule has 0 aromatic rings.